The molecule has 3 nitrogen and oxygen atoms in total. The first-order valence-electron chi connectivity index (χ1n) is 9.89. The highest BCUT2D eigenvalue weighted by atomic mass is 16.3. The van der Waals surface area contributed by atoms with Crippen molar-refractivity contribution in [3.8, 4) is 0 Å². The van der Waals surface area contributed by atoms with Crippen LogP contribution < -0.4 is 0 Å². The number of allylic oxidation sites excluding steroid dienone is 4. The summed E-state index contributed by atoms with van der Waals surface area (Å²) in [5, 5.41) is 11.2. The van der Waals surface area contributed by atoms with Crippen molar-refractivity contribution in [3.05, 3.63) is 23.8 Å². The third-order valence-corrected chi connectivity index (χ3v) is 8.42. The van der Waals surface area contributed by atoms with Gasteiger partial charge in [-0.3, -0.25) is 4.79 Å². The SMILES string of the molecule is CC(C=O)C1CCC2C3CCC4=CC(=O)C=CC4(C)C3C(O)CC12C. The third-order valence-electron chi connectivity index (χ3n) is 8.42. The molecule has 3 heteroatoms. The number of aliphatic hydroxyl groups excluding tert-OH is 1. The van der Waals surface area contributed by atoms with Crippen molar-refractivity contribution in [2.24, 2.45) is 40.4 Å². The Morgan fingerprint density at radius 3 is 2.76 bits per heavy atom. The van der Waals surface area contributed by atoms with Gasteiger partial charge in [0, 0.05) is 17.3 Å². The molecule has 0 amide bonds. The smallest absolute Gasteiger partial charge is 0.178 e. The first-order valence-corrected chi connectivity index (χ1v) is 9.89. The van der Waals surface area contributed by atoms with E-state index in [0.29, 0.717) is 17.8 Å². The Kier molecular flexibility index (Phi) is 3.88. The van der Waals surface area contributed by atoms with Gasteiger partial charge in [-0.15, -0.1) is 0 Å². The van der Waals surface area contributed by atoms with E-state index < -0.39 is 0 Å². The van der Waals surface area contributed by atoms with Crippen molar-refractivity contribution in [1.82, 2.24) is 0 Å². The third kappa shape index (κ3) is 2.27. The molecule has 0 aliphatic heterocycles. The van der Waals surface area contributed by atoms with Crippen LogP contribution in [0.1, 0.15) is 52.9 Å². The molecule has 25 heavy (non-hydrogen) atoms. The second-order valence-corrected chi connectivity index (χ2v) is 9.48. The number of carbonyl (C=O) groups is 2. The fourth-order valence-corrected chi connectivity index (χ4v) is 7.32. The maximum absolute atomic E-state index is 11.8. The van der Waals surface area contributed by atoms with Crippen LogP contribution in [0.15, 0.2) is 23.8 Å². The minimum absolute atomic E-state index is 0.0622. The molecule has 0 aromatic rings. The van der Waals surface area contributed by atoms with E-state index >= 15 is 0 Å². The lowest BCUT2D eigenvalue weighted by Crippen LogP contribution is -2.56. The molecule has 0 bridgehead atoms. The molecular formula is C22H30O3. The zero-order valence-corrected chi connectivity index (χ0v) is 15.6. The van der Waals surface area contributed by atoms with E-state index in [1.807, 2.05) is 13.0 Å². The van der Waals surface area contributed by atoms with Crippen molar-refractivity contribution in [1.29, 1.82) is 0 Å². The van der Waals surface area contributed by atoms with Gasteiger partial charge in [-0.1, -0.05) is 32.4 Å². The highest BCUT2D eigenvalue weighted by Crippen LogP contribution is 2.66. The Bertz CT molecular complexity index is 662. The molecule has 0 aromatic carbocycles. The Hall–Kier alpha value is -1.22. The number of ketones is 1. The second kappa shape index (κ2) is 5.64. The van der Waals surface area contributed by atoms with Crippen LogP contribution in [0, 0.1) is 40.4 Å². The summed E-state index contributed by atoms with van der Waals surface area (Å²) in [6.45, 7) is 6.58. The van der Waals surface area contributed by atoms with E-state index in [4.69, 9.17) is 0 Å². The molecule has 4 aliphatic rings. The van der Waals surface area contributed by atoms with Gasteiger partial charge in [0.2, 0.25) is 0 Å². The van der Waals surface area contributed by atoms with Crippen LogP contribution in [0.4, 0.5) is 0 Å². The molecule has 4 rings (SSSR count). The molecule has 3 fully saturated rings. The number of fused-ring (bicyclic) bond motifs is 5. The predicted octanol–water partition coefficient (Wildman–Crippen LogP) is 3.72. The molecule has 0 saturated heterocycles. The van der Waals surface area contributed by atoms with E-state index in [1.54, 1.807) is 6.08 Å². The number of aldehydes is 1. The fourth-order valence-electron chi connectivity index (χ4n) is 7.32. The van der Waals surface area contributed by atoms with Crippen LogP contribution in [-0.4, -0.2) is 23.3 Å². The molecule has 0 spiro atoms. The largest absolute Gasteiger partial charge is 0.393 e. The molecule has 8 atom stereocenters. The summed E-state index contributed by atoms with van der Waals surface area (Å²) in [5.74, 6) is 1.80. The standard InChI is InChI=1S/C22H30O3/c1-13(12-23)17-6-7-18-16-5-4-14-10-15(24)8-9-21(14,2)20(16)19(25)11-22(17,18)3/h8-10,12-13,16-20,25H,4-7,11H2,1-3H3. The zero-order chi connectivity index (χ0) is 18.0. The van der Waals surface area contributed by atoms with Crippen LogP contribution in [0.25, 0.3) is 0 Å². The van der Waals surface area contributed by atoms with Crippen molar-refractivity contribution in [2.45, 2.75) is 59.0 Å². The van der Waals surface area contributed by atoms with Crippen LogP contribution >= 0.6 is 0 Å². The average Bonchev–Trinajstić information content (AvgIpc) is 2.91. The number of aliphatic hydroxyl groups is 1. The lowest BCUT2D eigenvalue weighted by molar-refractivity contribution is -0.128. The van der Waals surface area contributed by atoms with Gasteiger partial charge >= 0.3 is 0 Å². The first-order chi connectivity index (χ1) is 11.8. The summed E-state index contributed by atoms with van der Waals surface area (Å²) >= 11 is 0. The maximum Gasteiger partial charge on any atom is 0.178 e. The molecular weight excluding hydrogens is 312 g/mol. The highest BCUT2D eigenvalue weighted by Gasteiger charge is 2.61. The molecule has 4 aliphatic carbocycles. The first kappa shape index (κ1) is 17.2. The Morgan fingerprint density at radius 1 is 1.28 bits per heavy atom. The van der Waals surface area contributed by atoms with E-state index in [2.05, 4.69) is 19.9 Å². The van der Waals surface area contributed by atoms with Gasteiger partial charge in [-0.2, -0.15) is 0 Å². The predicted molar refractivity (Wildman–Crippen MR) is 96.7 cm³/mol. The highest BCUT2D eigenvalue weighted by molar-refractivity contribution is 6.01. The molecule has 3 saturated carbocycles. The van der Waals surface area contributed by atoms with Crippen LogP contribution in [0.3, 0.4) is 0 Å². The van der Waals surface area contributed by atoms with E-state index in [0.717, 1.165) is 32.0 Å². The van der Waals surface area contributed by atoms with Crippen molar-refractivity contribution in [2.75, 3.05) is 0 Å². The fraction of sp³-hybridized carbons (Fsp3) is 0.727. The van der Waals surface area contributed by atoms with Gasteiger partial charge in [0.1, 0.15) is 6.29 Å². The van der Waals surface area contributed by atoms with Gasteiger partial charge in [-0.05, 0) is 67.4 Å². The normalized spacial score (nSPS) is 49.7. The minimum Gasteiger partial charge on any atom is -0.393 e. The lowest BCUT2D eigenvalue weighted by Gasteiger charge is -2.59. The zero-order valence-electron chi connectivity index (χ0n) is 15.6. The van der Waals surface area contributed by atoms with Crippen LogP contribution in [-0.2, 0) is 9.59 Å². The van der Waals surface area contributed by atoms with Gasteiger partial charge < -0.3 is 9.90 Å². The van der Waals surface area contributed by atoms with E-state index in [9.17, 15) is 14.7 Å². The number of rotatable bonds is 2. The number of carbonyl (C=O) groups excluding carboxylic acids is 2. The minimum atomic E-state index is -0.364. The summed E-state index contributed by atoms with van der Waals surface area (Å²) in [6, 6.07) is 0. The van der Waals surface area contributed by atoms with Crippen molar-refractivity contribution >= 4 is 12.1 Å². The number of hydrogen-bond acceptors (Lipinski definition) is 3. The van der Waals surface area contributed by atoms with Gasteiger partial charge in [0.05, 0.1) is 6.10 Å². The Morgan fingerprint density at radius 2 is 2.04 bits per heavy atom. The van der Waals surface area contributed by atoms with Crippen molar-refractivity contribution in [3.63, 3.8) is 0 Å². The monoisotopic (exact) mass is 342 g/mol. The van der Waals surface area contributed by atoms with Gasteiger partial charge in [0.25, 0.3) is 0 Å². The van der Waals surface area contributed by atoms with Gasteiger partial charge in [0.15, 0.2) is 5.78 Å². The van der Waals surface area contributed by atoms with Crippen LogP contribution in [0.5, 0.6) is 0 Å². The summed E-state index contributed by atoms with van der Waals surface area (Å²) in [6.07, 6.45) is 11.4. The van der Waals surface area contributed by atoms with E-state index in [1.165, 1.54) is 12.0 Å². The summed E-state index contributed by atoms with van der Waals surface area (Å²) in [5.41, 5.74) is 1.08. The summed E-state index contributed by atoms with van der Waals surface area (Å²) in [7, 11) is 0. The molecule has 136 valence electrons. The maximum atomic E-state index is 11.8. The molecule has 0 radical (unpaired) electrons. The Labute approximate surface area is 150 Å². The Balaban J connectivity index is 1.71. The van der Waals surface area contributed by atoms with Crippen LogP contribution in [0.2, 0.25) is 0 Å². The van der Waals surface area contributed by atoms with Gasteiger partial charge in [-0.25, -0.2) is 0 Å². The molecule has 1 N–H and O–H groups in total. The summed E-state index contributed by atoms with van der Waals surface area (Å²) in [4.78, 5) is 23.3. The average molecular weight is 342 g/mol. The molecule has 0 aromatic heterocycles. The summed E-state index contributed by atoms with van der Waals surface area (Å²) < 4.78 is 0. The van der Waals surface area contributed by atoms with Crippen molar-refractivity contribution < 1.29 is 14.7 Å². The quantitative estimate of drug-likeness (QED) is 0.778. The second-order valence-electron chi connectivity index (χ2n) is 9.48. The lowest BCUT2D eigenvalue weighted by atomic mass is 9.46. The number of hydrogen-bond donors (Lipinski definition) is 1. The van der Waals surface area contributed by atoms with E-state index in [-0.39, 0.29) is 34.6 Å². The topological polar surface area (TPSA) is 54.4 Å². The molecule has 0 heterocycles. The molecule has 8 unspecified atom stereocenters.